The first-order valence-electron chi connectivity index (χ1n) is 3.64. The van der Waals surface area contributed by atoms with Gasteiger partial charge >= 0.3 is 0 Å². The van der Waals surface area contributed by atoms with E-state index in [1.807, 2.05) is 0 Å². The molecule has 4 rings (SSSR count). The van der Waals surface area contributed by atoms with Crippen LogP contribution in [0.5, 0.6) is 0 Å². The van der Waals surface area contributed by atoms with E-state index in [1.54, 1.807) is 0 Å². The second-order valence-electron chi connectivity index (χ2n) is 3.81. The van der Waals surface area contributed by atoms with Gasteiger partial charge in [0.15, 0.2) is 0 Å². The lowest BCUT2D eigenvalue weighted by Gasteiger charge is -2.03. The Hall–Kier alpha value is -0.0800. The predicted octanol–water partition coefficient (Wildman–Crippen LogP) is -0.252. The summed E-state index contributed by atoms with van der Waals surface area (Å²) in [6.45, 7) is 0. The molecule has 0 spiro atoms. The van der Waals surface area contributed by atoms with Gasteiger partial charge in [0.2, 0.25) is 0 Å². The normalized spacial score (nSPS) is 75.3. The van der Waals surface area contributed by atoms with Crippen molar-refractivity contribution >= 4 is 0 Å². The van der Waals surface area contributed by atoms with Crippen LogP contribution < -0.4 is 0 Å². The van der Waals surface area contributed by atoms with Gasteiger partial charge in [-0.05, 0) is 24.7 Å². The van der Waals surface area contributed by atoms with Crippen molar-refractivity contribution in [2.24, 2.45) is 17.8 Å². The Balaban J connectivity index is 2.10. The predicted molar refractivity (Wildman–Crippen MR) is 30.7 cm³/mol. The third-order valence-electron chi connectivity index (χ3n) is 3.54. The summed E-state index contributed by atoms with van der Waals surface area (Å²) < 4.78 is 0. The summed E-state index contributed by atoms with van der Waals surface area (Å²) in [4.78, 5) is 0. The van der Waals surface area contributed by atoms with Crippen molar-refractivity contribution in [1.29, 1.82) is 0 Å². The second kappa shape index (κ2) is 0.956. The highest BCUT2D eigenvalue weighted by molar-refractivity contribution is 5.28. The third kappa shape index (κ3) is 0.290. The van der Waals surface area contributed by atoms with Crippen molar-refractivity contribution in [3.63, 3.8) is 0 Å². The minimum atomic E-state index is -0.385. The summed E-state index contributed by atoms with van der Waals surface area (Å²) in [5.41, 5.74) is -0.385. The molecular weight excluding hydrogens is 116 g/mol. The fraction of sp³-hybridized carbons (Fsp3) is 1.00. The molecule has 4 aliphatic carbocycles. The summed E-state index contributed by atoms with van der Waals surface area (Å²) >= 11 is 0. The second-order valence-corrected chi connectivity index (χ2v) is 3.81. The third-order valence-corrected chi connectivity index (χ3v) is 3.54. The van der Waals surface area contributed by atoms with E-state index >= 15 is 0 Å². The summed E-state index contributed by atoms with van der Waals surface area (Å²) in [6, 6.07) is 0. The molecule has 4 fully saturated rings. The van der Waals surface area contributed by atoms with Gasteiger partial charge in [-0.2, -0.15) is 0 Å². The van der Waals surface area contributed by atoms with E-state index < -0.39 is 0 Å². The van der Waals surface area contributed by atoms with Crippen molar-refractivity contribution in [1.82, 2.24) is 0 Å². The molecule has 50 valence electrons. The minimum absolute atomic E-state index is 0.153. The molecule has 2 heteroatoms. The molecule has 4 aliphatic rings. The van der Waals surface area contributed by atoms with E-state index in [9.17, 15) is 10.2 Å². The lowest BCUT2D eigenvalue weighted by molar-refractivity contribution is 0.112. The van der Waals surface area contributed by atoms with Crippen molar-refractivity contribution < 1.29 is 10.2 Å². The van der Waals surface area contributed by atoms with Gasteiger partial charge in [0.25, 0.3) is 0 Å². The molecular formula is C7H10O2. The van der Waals surface area contributed by atoms with Crippen molar-refractivity contribution in [3.05, 3.63) is 0 Å². The summed E-state index contributed by atoms with van der Waals surface area (Å²) in [7, 11) is 0. The lowest BCUT2D eigenvalue weighted by atomic mass is 10.1. The standard InChI is InChI=1S/C7H10O2/c8-6-3-1-4-5(6)7(4,9)2-3/h3-6,8-9H,1-2H2/t3-,4+,5-,6+,7+/m0/s1. The van der Waals surface area contributed by atoms with Gasteiger partial charge in [-0.25, -0.2) is 0 Å². The molecule has 5 atom stereocenters. The average molecular weight is 126 g/mol. The SMILES string of the molecule is O[C@@H]1[C@H]2C[C@@H]3[C@@H]1[C@@]3(O)C2. The maximum absolute atomic E-state index is 9.59. The van der Waals surface area contributed by atoms with Crippen LogP contribution in [0.4, 0.5) is 0 Å². The molecule has 2 N–H and O–H groups in total. The summed E-state index contributed by atoms with van der Waals surface area (Å²) in [5, 5.41) is 18.9. The smallest absolute Gasteiger partial charge is 0.0740 e. The summed E-state index contributed by atoms with van der Waals surface area (Å²) in [5.74, 6) is 1.21. The van der Waals surface area contributed by atoms with Gasteiger partial charge in [-0.15, -0.1) is 0 Å². The van der Waals surface area contributed by atoms with Crippen LogP contribution in [0.1, 0.15) is 12.8 Å². The molecule has 2 nitrogen and oxygen atoms in total. The number of aliphatic hydroxyl groups is 2. The average Bonchev–Trinajstić information content (AvgIpc) is 2.21. The van der Waals surface area contributed by atoms with Crippen molar-refractivity contribution in [3.8, 4) is 0 Å². The topological polar surface area (TPSA) is 40.5 Å². The van der Waals surface area contributed by atoms with Gasteiger partial charge < -0.3 is 10.2 Å². The van der Waals surface area contributed by atoms with Crippen LogP contribution in [0.3, 0.4) is 0 Å². The van der Waals surface area contributed by atoms with Crippen LogP contribution in [-0.2, 0) is 0 Å². The van der Waals surface area contributed by atoms with Crippen LogP contribution in [0, 0.1) is 17.8 Å². The number of rotatable bonds is 0. The lowest BCUT2D eigenvalue weighted by Crippen LogP contribution is -2.10. The molecule has 9 heavy (non-hydrogen) atoms. The van der Waals surface area contributed by atoms with Gasteiger partial charge in [0.1, 0.15) is 0 Å². The van der Waals surface area contributed by atoms with E-state index in [2.05, 4.69) is 0 Å². The number of hydrogen-bond donors (Lipinski definition) is 2. The zero-order chi connectivity index (χ0) is 6.22. The van der Waals surface area contributed by atoms with Crippen LogP contribution >= 0.6 is 0 Å². The summed E-state index contributed by atoms with van der Waals surface area (Å²) in [6.07, 6.45) is 1.81. The van der Waals surface area contributed by atoms with Crippen molar-refractivity contribution in [2.75, 3.05) is 0 Å². The molecule has 0 unspecified atom stereocenters. The molecule has 0 saturated heterocycles. The molecule has 0 aromatic rings. The monoisotopic (exact) mass is 126 g/mol. The minimum Gasteiger partial charge on any atom is -0.392 e. The highest BCUT2D eigenvalue weighted by Crippen LogP contribution is 2.72. The zero-order valence-electron chi connectivity index (χ0n) is 5.12. The van der Waals surface area contributed by atoms with Gasteiger partial charge in [0, 0.05) is 5.92 Å². The van der Waals surface area contributed by atoms with E-state index in [-0.39, 0.29) is 17.6 Å². The highest BCUT2D eigenvalue weighted by atomic mass is 16.3. The maximum Gasteiger partial charge on any atom is 0.0740 e. The Morgan fingerprint density at radius 3 is 2.33 bits per heavy atom. The Morgan fingerprint density at radius 2 is 2.22 bits per heavy atom. The maximum atomic E-state index is 9.59. The van der Waals surface area contributed by atoms with Gasteiger partial charge in [-0.3, -0.25) is 0 Å². The first kappa shape index (κ1) is 4.69. The Morgan fingerprint density at radius 1 is 1.44 bits per heavy atom. The highest BCUT2D eigenvalue weighted by Gasteiger charge is 2.78. The van der Waals surface area contributed by atoms with Crippen LogP contribution in [0.2, 0.25) is 0 Å². The van der Waals surface area contributed by atoms with Gasteiger partial charge in [0.05, 0.1) is 11.7 Å². The fourth-order valence-electron chi connectivity index (χ4n) is 3.09. The molecule has 0 aromatic heterocycles. The van der Waals surface area contributed by atoms with E-state index in [4.69, 9.17) is 0 Å². The first-order valence-corrected chi connectivity index (χ1v) is 3.64. The van der Waals surface area contributed by atoms with E-state index in [0.717, 1.165) is 12.8 Å². The first-order chi connectivity index (χ1) is 4.23. The molecule has 0 heterocycles. The Bertz CT molecular complexity index is 178. The molecule has 0 aromatic carbocycles. The Kier molecular flexibility index (Phi) is 0.498. The quantitative estimate of drug-likeness (QED) is 0.470. The van der Waals surface area contributed by atoms with E-state index in [1.165, 1.54) is 0 Å². The van der Waals surface area contributed by atoms with E-state index in [0.29, 0.717) is 11.8 Å². The van der Waals surface area contributed by atoms with Crippen molar-refractivity contribution in [2.45, 2.75) is 24.5 Å². The molecule has 0 amide bonds. The molecule has 4 bridgehead atoms. The van der Waals surface area contributed by atoms with Gasteiger partial charge in [-0.1, -0.05) is 0 Å². The van der Waals surface area contributed by atoms with Crippen LogP contribution in [-0.4, -0.2) is 21.9 Å². The van der Waals surface area contributed by atoms with Crippen LogP contribution in [0.25, 0.3) is 0 Å². The molecule has 4 saturated carbocycles. The number of hydrogen-bond acceptors (Lipinski definition) is 2. The Labute approximate surface area is 53.5 Å². The van der Waals surface area contributed by atoms with Crippen LogP contribution in [0.15, 0.2) is 0 Å². The molecule has 0 aliphatic heterocycles. The zero-order valence-corrected chi connectivity index (χ0v) is 5.12. The fourth-order valence-corrected chi connectivity index (χ4v) is 3.09. The molecule has 0 radical (unpaired) electrons. The number of aliphatic hydroxyl groups excluding tert-OH is 1. The largest absolute Gasteiger partial charge is 0.392 e.